The first kappa shape index (κ1) is 31.7. The number of rotatable bonds is 18. The Morgan fingerprint density at radius 1 is 0.458 bits per heavy atom. The monoisotopic (exact) mass is 647 g/mol. The molecule has 2 aliphatic heterocycles. The molecule has 2 fully saturated rings. The van der Waals surface area contributed by atoms with Crippen LogP contribution in [0.1, 0.15) is 0 Å². The van der Waals surface area contributed by atoms with Crippen molar-refractivity contribution in [3.63, 3.8) is 0 Å². The van der Waals surface area contributed by atoms with Gasteiger partial charge in [0.05, 0.1) is 39.6 Å². The lowest BCUT2D eigenvalue weighted by atomic mass is 10.1. The minimum Gasteiger partial charge on any atom is -0.491 e. The number of nitrogens with zero attached hydrogens (tertiary/aromatic N) is 1. The zero-order valence-electron chi connectivity index (χ0n) is 26.5. The Morgan fingerprint density at radius 3 is 1.17 bits per heavy atom. The van der Waals surface area contributed by atoms with E-state index in [1.54, 1.807) is 12.1 Å². The summed E-state index contributed by atoms with van der Waals surface area (Å²) in [6, 6.07) is 37.2. The van der Waals surface area contributed by atoms with Crippen molar-refractivity contribution >= 4 is 0 Å². The normalized spacial score (nSPS) is 16.2. The van der Waals surface area contributed by atoms with Gasteiger partial charge in [-0.05, 0) is 70.8 Å². The number of hydrogen-bond donors (Lipinski definition) is 0. The van der Waals surface area contributed by atoms with Crippen molar-refractivity contribution in [3.05, 3.63) is 115 Å². The number of epoxide rings is 2. The van der Waals surface area contributed by atoms with Crippen LogP contribution < -0.4 is 18.9 Å². The SMILES string of the molecule is c1cc(Oc2ccc(-c3ccc(OCCOCC4CO4)cc3)cc2)nc(Oc2ccc(-c3ccc(OCCOCC4CO4)cc3)cc2)c1. The third kappa shape index (κ3) is 9.56. The van der Waals surface area contributed by atoms with E-state index in [4.69, 9.17) is 37.9 Å². The maximum absolute atomic E-state index is 6.03. The number of benzene rings is 4. The van der Waals surface area contributed by atoms with E-state index in [0.29, 0.717) is 62.9 Å². The first-order chi connectivity index (χ1) is 23.7. The van der Waals surface area contributed by atoms with Crippen molar-refractivity contribution in [1.82, 2.24) is 4.98 Å². The van der Waals surface area contributed by atoms with E-state index in [1.807, 2.05) is 103 Å². The molecular formula is C39H37NO8. The highest BCUT2D eigenvalue weighted by Gasteiger charge is 2.22. The number of hydrogen-bond acceptors (Lipinski definition) is 9. The number of aromatic nitrogens is 1. The number of pyridine rings is 1. The van der Waals surface area contributed by atoms with Gasteiger partial charge in [-0.1, -0.05) is 54.6 Å². The summed E-state index contributed by atoms with van der Waals surface area (Å²) in [4.78, 5) is 4.54. The van der Waals surface area contributed by atoms with E-state index in [1.165, 1.54) is 0 Å². The molecule has 1 aromatic heterocycles. The lowest BCUT2D eigenvalue weighted by molar-refractivity contribution is 0.0878. The van der Waals surface area contributed by atoms with Gasteiger partial charge in [-0.25, -0.2) is 0 Å². The van der Waals surface area contributed by atoms with Gasteiger partial charge in [-0.3, -0.25) is 0 Å². The van der Waals surface area contributed by atoms with Crippen LogP contribution >= 0.6 is 0 Å². The molecule has 9 heteroatoms. The molecular weight excluding hydrogens is 610 g/mol. The van der Waals surface area contributed by atoms with E-state index in [-0.39, 0.29) is 12.2 Å². The predicted octanol–water partition coefficient (Wildman–Crippen LogP) is 7.59. The zero-order valence-corrected chi connectivity index (χ0v) is 26.5. The second kappa shape index (κ2) is 15.8. The predicted molar refractivity (Wildman–Crippen MR) is 180 cm³/mol. The summed E-state index contributed by atoms with van der Waals surface area (Å²) >= 11 is 0. The van der Waals surface area contributed by atoms with Crippen molar-refractivity contribution in [3.8, 4) is 57.0 Å². The van der Waals surface area contributed by atoms with Gasteiger partial charge in [0.2, 0.25) is 11.8 Å². The van der Waals surface area contributed by atoms with Crippen LogP contribution in [0.2, 0.25) is 0 Å². The summed E-state index contributed by atoms with van der Waals surface area (Å²) in [6.45, 7) is 4.97. The van der Waals surface area contributed by atoms with Crippen LogP contribution in [0.15, 0.2) is 115 Å². The lowest BCUT2D eigenvalue weighted by Gasteiger charge is -2.10. The standard InChI is InChI=1S/C39H37NO8/c1-2-38(47-34-16-8-30(9-17-34)28-4-12-32(13-5-28)43-22-20-41-24-36-26-45-36)40-39(3-1)48-35-18-10-31(11-19-35)29-6-14-33(15-7-29)44-23-21-42-25-37-27-46-37/h1-19,36-37H,20-27H2. The average molecular weight is 648 g/mol. The molecule has 0 N–H and O–H groups in total. The molecule has 2 unspecified atom stereocenters. The molecule has 2 saturated heterocycles. The zero-order chi connectivity index (χ0) is 32.4. The third-order valence-corrected chi connectivity index (χ3v) is 7.63. The fraction of sp³-hybridized carbons (Fsp3) is 0.256. The highest BCUT2D eigenvalue weighted by atomic mass is 16.6. The van der Waals surface area contributed by atoms with Crippen molar-refractivity contribution in [2.45, 2.75) is 12.2 Å². The lowest BCUT2D eigenvalue weighted by Crippen LogP contribution is -2.10. The van der Waals surface area contributed by atoms with Gasteiger partial charge in [0.15, 0.2) is 0 Å². The van der Waals surface area contributed by atoms with E-state index in [0.717, 1.165) is 47.0 Å². The van der Waals surface area contributed by atoms with Crippen LogP contribution in [0.25, 0.3) is 22.3 Å². The molecule has 2 atom stereocenters. The van der Waals surface area contributed by atoms with Gasteiger partial charge in [0, 0.05) is 12.1 Å². The van der Waals surface area contributed by atoms with Gasteiger partial charge in [0.25, 0.3) is 0 Å². The Bertz CT molecular complexity index is 1590. The summed E-state index contributed by atoms with van der Waals surface area (Å²) in [5, 5.41) is 0. The van der Waals surface area contributed by atoms with Crippen LogP contribution in [-0.2, 0) is 18.9 Å². The molecule has 7 rings (SSSR count). The van der Waals surface area contributed by atoms with Crippen LogP contribution in [0.4, 0.5) is 0 Å². The summed E-state index contributed by atoms with van der Waals surface area (Å²) in [5.74, 6) is 3.86. The Hall–Kier alpha value is -4.93. The van der Waals surface area contributed by atoms with Crippen LogP contribution in [0.3, 0.4) is 0 Å². The van der Waals surface area contributed by atoms with Gasteiger partial charge in [-0.2, -0.15) is 4.98 Å². The van der Waals surface area contributed by atoms with Crippen molar-refractivity contribution < 1.29 is 37.9 Å². The molecule has 0 bridgehead atoms. The van der Waals surface area contributed by atoms with Gasteiger partial charge < -0.3 is 37.9 Å². The summed E-state index contributed by atoms with van der Waals surface area (Å²) in [5.41, 5.74) is 4.30. The quantitative estimate of drug-likeness (QED) is 0.0705. The maximum Gasteiger partial charge on any atom is 0.222 e. The van der Waals surface area contributed by atoms with E-state index >= 15 is 0 Å². The van der Waals surface area contributed by atoms with E-state index in [9.17, 15) is 0 Å². The van der Waals surface area contributed by atoms with Crippen molar-refractivity contribution in [1.29, 1.82) is 0 Å². The maximum atomic E-state index is 6.03. The molecule has 0 aliphatic carbocycles. The second-order valence-electron chi connectivity index (χ2n) is 11.4. The van der Waals surface area contributed by atoms with E-state index in [2.05, 4.69) is 4.98 Å². The number of ether oxygens (including phenoxy) is 8. The van der Waals surface area contributed by atoms with Crippen LogP contribution in [0, 0.1) is 0 Å². The largest absolute Gasteiger partial charge is 0.491 e. The third-order valence-electron chi connectivity index (χ3n) is 7.63. The van der Waals surface area contributed by atoms with Gasteiger partial charge >= 0.3 is 0 Å². The molecule has 48 heavy (non-hydrogen) atoms. The Labute approximate surface area is 279 Å². The summed E-state index contributed by atoms with van der Waals surface area (Å²) in [7, 11) is 0. The Kier molecular flexibility index (Phi) is 10.4. The topological polar surface area (TPSA) is 93.3 Å². The summed E-state index contributed by atoms with van der Waals surface area (Å²) < 4.78 is 44.9. The smallest absolute Gasteiger partial charge is 0.222 e. The molecule has 246 valence electrons. The highest BCUT2D eigenvalue weighted by Crippen LogP contribution is 2.30. The first-order valence-electron chi connectivity index (χ1n) is 16.1. The van der Waals surface area contributed by atoms with E-state index < -0.39 is 0 Å². The fourth-order valence-electron chi connectivity index (χ4n) is 4.86. The molecule has 4 aromatic carbocycles. The minimum atomic E-state index is 0.271. The molecule has 0 spiro atoms. The molecule has 0 amide bonds. The average Bonchev–Trinajstić information content (AvgIpc) is 4.07. The molecule has 9 nitrogen and oxygen atoms in total. The first-order valence-corrected chi connectivity index (χ1v) is 16.1. The molecule has 0 radical (unpaired) electrons. The minimum absolute atomic E-state index is 0.271. The second-order valence-corrected chi connectivity index (χ2v) is 11.4. The van der Waals surface area contributed by atoms with Crippen LogP contribution in [0.5, 0.6) is 34.8 Å². The molecule has 3 heterocycles. The fourth-order valence-corrected chi connectivity index (χ4v) is 4.86. The Morgan fingerprint density at radius 2 is 0.812 bits per heavy atom. The van der Waals surface area contributed by atoms with Gasteiger partial charge in [0.1, 0.15) is 48.4 Å². The summed E-state index contributed by atoms with van der Waals surface area (Å²) in [6.07, 6.45) is 0.543. The molecule has 2 aliphatic rings. The Balaban J connectivity index is 0.870. The molecule has 5 aromatic rings. The van der Waals surface area contributed by atoms with Crippen LogP contribution in [-0.4, -0.2) is 70.0 Å². The van der Waals surface area contributed by atoms with Crippen molar-refractivity contribution in [2.24, 2.45) is 0 Å². The van der Waals surface area contributed by atoms with Crippen molar-refractivity contribution in [2.75, 3.05) is 52.9 Å². The molecule has 0 saturated carbocycles. The highest BCUT2D eigenvalue weighted by molar-refractivity contribution is 5.66. The van der Waals surface area contributed by atoms with Gasteiger partial charge in [-0.15, -0.1) is 0 Å².